The molecule has 0 radical (unpaired) electrons. The molecule has 0 saturated carbocycles. The third-order valence-corrected chi connectivity index (χ3v) is 3.65. The summed E-state index contributed by atoms with van der Waals surface area (Å²) in [7, 11) is 0. The summed E-state index contributed by atoms with van der Waals surface area (Å²) in [6.45, 7) is 10.7. The first-order chi connectivity index (χ1) is 7.90. The van der Waals surface area contributed by atoms with E-state index in [0.29, 0.717) is 12.1 Å². The Morgan fingerprint density at radius 2 is 1.76 bits per heavy atom. The van der Waals surface area contributed by atoms with Crippen molar-refractivity contribution in [1.82, 2.24) is 9.80 Å². The highest BCUT2D eigenvalue weighted by Gasteiger charge is 2.41. The molecule has 0 spiro atoms. The Balaban J connectivity index is 1.96. The van der Waals surface area contributed by atoms with Gasteiger partial charge in [0.15, 0.2) is 0 Å². The number of carbonyl (C=O) groups excluding carboxylic acids is 1. The molecule has 0 aromatic rings. The molecule has 2 aliphatic heterocycles. The lowest BCUT2D eigenvalue weighted by atomic mass is 10.2. The van der Waals surface area contributed by atoms with Gasteiger partial charge in [0, 0.05) is 25.2 Å². The van der Waals surface area contributed by atoms with Crippen molar-refractivity contribution in [3.05, 3.63) is 0 Å². The minimum absolute atomic E-state index is 0.148. The summed E-state index contributed by atoms with van der Waals surface area (Å²) in [5, 5.41) is 0. The van der Waals surface area contributed by atoms with Crippen molar-refractivity contribution in [3.8, 4) is 0 Å². The molecular weight excluding hydrogens is 216 g/mol. The maximum absolute atomic E-state index is 12.0. The molecule has 17 heavy (non-hydrogen) atoms. The van der Waals surface area contributed by atoms with Crippen LogP contribution in [0, 0.1) is 0 Å². The molecule has 2 bridgehead atoms. The largest absolute Gasteiger partial charge is 0.444 e. The number of hydrogen-bond acceptors (Lipinski definition) is 3. The van der Waals surface area contributed by atoms with Crippen molar-refractivity contribution in [1.29, 1.82) is 0 Å². The van der Waals surface area contributed by atoms with Crippen LogP contribution >= 0.6 is 0 Å². The molecule has 4 heteroatoms. The van der Waals surface area contributed by atoms with Gasteiger partial charge >= 0.3 is 6.09 Å². The molecule has 0 unspecified atom stereocenters. The number of hydrogen-bond donors (Lipinski definition) is 0. The zero-order valence-corrected chi connectivity index (χ0v) is 11.4. The molecule has 2 saturated heterocycles. The number of piperazine rings is 1. The van der Waals surface area contributed by atoms with Crippen LogP contribution in [0.15, 0.2) is 0 Å². The van der Waals surface area contributed by atoms with Crippen LogP contribution in [-0.4, -0.2) is 53.2 Å². The molecular formula is C13H24N2O2. The van der Waals surface area contributed by atoms with Gasteiger partial charge in [-0.3, -0.25) is 4.90 Å². The quantitative estimate of drug-likeness (QED) is 0.703. The van der Waals surface area contributed by atoms with Gasteiger partial charge in [0.05, 0.1) is 0 Å². The number of amides is 1. The van der Waals surface area contributed by atoms with Crippen LogP contribution in [-0.2, 0) is 4.74 Å². The Morgan fingerprint density at radius 1 is 1.24 bits per heavy atom. The average molecular weight is 240 g/mol. The van der Waals surface area contributed by atoms with Crippen molar-refractivity contribution in [2.24, 2.45) is 0 Å². The van der Waals surface area contributed by atoms with E-state index in [1.807, 2.05) is 25.7 Å². The van der Waals surface area contributed by atoms with Crippen LogP contribution in [0.4, 0.5) is 4.79 Å². The lowest BCUT2D eigenvalue weighted by molar-refractivity contribution is 0.00235. The molecule has 0 aromatic carbocycles. The SMILES string of the molecule is CCN1[C@@H]2CC[C@H]1CN(C(=O)OC(C)(C)C)C2. The third kappa shape index (κ3) is 2.73. The van der Waals surface area contributed by atoms with E-state index < -0.39 is 5.60 Å². The summed E-state index contributed by atoms with van der Waals surface area (Å²) >= 11 is 0. The van der Waals surface area contributed by atoms with Crippen LogP contribution < -0.4 is 0 Å². The number of likely N-dealkylation sites (tertiary alicyclic amines) is 1. The highest BCUT2D eigenvalue weighted by Crippen LogP contribution is 2.30. The lowest BCUT2D eigenvalue weighted by Crippen LogP contribution is -2.55. The van der Waals surface area contributed by atoms with Crippen LogP contribution in [0.25, 0.3) is 0 Å². The molecule has 0 aromatic heterocycles. The molecule has 2 aliphatic rings. The summed E-state index contributed by atoms with van der Waals surface area (Å²) in [6.07, 6.45) is 2.29. The molecule has 2 rings (SSSR count). The first-order valence-corrected chi connectivity index (χ1v) is 6.64. The monoisotopic (exact) mass is 240 g/mol. The lowest BCUT2D eigenvalue weighted by Gasteiger charge is -2.40. The maximum atomic E-state index is 12.0. The van der Waals surface area contributed by atoms with E-state index in [4.69, 9.17) is 4.74 Å². The first-order valence-electron chi connectivity index (χ1n) is 6.64. The van der Waals surface area contributed by atoms with Crippen molar-refractivity contribution in [2.75, 3.05) is 19.6 Å². The van der Waals surface area contributed by atoms with E-state index in [0.717, 1.165) is 19.6 Å². The van der Waals surface area contributed by atoms with E-state index >= 15 is 0 Å². The van der Waals surface area contributed by atoms with Crippen molar-refractivity contribution < 1.29 is 9.53 Å². The van der Waals surface area contributed by atoms with E-state index in [-0.39, 0.29) is 6.09 Å². The number of nitrogens with zero attached hydrogens (tertiary/aromatic N) is 2. The van der Waals surface area contributed by atoms with E-state index in [2.05, 4.69) is 11.8 Å². The molecule has 0 N–H and O–H groups in total. The summed E-state index contributed by atoms with van der Waals surface area (Å²) in [4.78, 5) is 16.4. The Hall–Kier alpha value is -0.770. The van der Waals surface area contributed by atoms with Gasteiger partial charge in [0.25, 0.3) is 0 Å². The second kappa shape index (κ2) is 4.48. The van der Waals surface area contributed by atoms with Crippen LogP contribution in [0.1, 0.15) is 40.5 Å². The normalized spacial score (nSPS) is 29.5. The van der Waals surface area contributed by atoms with Gasteiger partial charge in [-0.1, -0.05) is 6.92 Å². The summed E-state index contributed by atoms with van der Waals surface area (Å²) in [6, 6.07) is 1.09. The minimum atomic E-state index is -0.391. The molecule has 4 nitrogen and oxygen atoms in total. The Kier molecular flexibility index (Phi) is 3.34. The first kappa shape index (κ1) is 12.7. The fourth-order valence-corrected chi connectivity index (χ4v) is 2.98. The zero-order chi connectivity index (χ0) is 12.6. The van der Waals surface area contributed by atoms with Crippen LogP contribution in [0.5, 0.6) is 0 Å². The van der Waals surface area contributed by atoms with Gasteiger partial charge in [-0.05, 0) is 40.2 Å². The topological polar surface area (TPSA) is 32.8 Å². The fraction of sp³-hybridized carbons (Fsp3) is 0.923. The third-order valence-electron chi connectivity index (χ3n) is 3.65. The molecule has 1 amide bonds. The van der Waals surface area contributed by atoms with Crippen LogP contribution in [0.2, 0.25) is 0 Å². The fourth-order valence-electron chi connectivity index (χ4n) is 2.98. The van der Waals surface area contributed by atoms with E-state index in [1.165, 1.54) is 12.8 Å². The van der Waals surface area contributed by atoms with Gasteiger partial charge < -0.3 is 9.64 Å². The second-order valence-corrected chi connectivity index (χ2v) is 6.10. The van der Waals surface area contributed by atoms with Gasteiger partial charge in [-0.2, -0.15) is 0 Å². The predicted octanol–water partition coefficient (Wildman–Crippen LogP) is 2.09. The smallest absolute Gasteiger partial charge is 0.410 e. The Morgan fingerprint density at radius 3 is 2.18 bits per heavy atom. The van der Waals surface area contributed by atoms with Crippen molar-refractivity contribution in [3.63, 3.8) is 0 Å². The Labute approximate surface area is 104 Å². The highest BCUT2D eigenvalue weighted by atomic mass is 16.6. The van der Waals surface area contributed by atoms with E-state index in [9.17, 15) is 4.79 Å². The van der Waals surface area contributed by atoms with Crippen LogP contribution in [0.3, 0.4) is 0 Å². The zero-order valence-electron chi connectivity index (χ0n) is 11.4. The standard InChI is InChI=1S/C13H24N2O2/c1-5-15-10-6-7-11(15)9-14(8-10)12(16)17-13(2,3)4/h10-11H,5-9H2,1-4H3/t10-,11+. The number of likely N-dealkylation sites (N-methyl/N-ethyl adjacent to an activating group) is 1. The van der Waals surface area contributed by atoms with Gasteiger partial charge in [-0.15, -0.1) is 0 Å². The van der Waals surface area contributed by atoms with Gasteiger partial charge in [0.1, 0.15) is 5.60 Å². The summed E-state index contributed by atoms with van der Waals surface area (Å²) < 4.78 is 5.44. The predicted molar refractivity (Wildman–Crippen MR) is 67.0 cm³/mol. The number of fused-ring (bicyclic) bond motifs is 2. The molecule has 0 aliphatic carbocycles. The molecule has 2 heterocycles. The second-order valence-electron chi connectivity index (χ2n) is 6.10. The number of ether oxygens (including phenoxy) is 1. The van der Waals surface area contributed by atoms with Gasteiger partial charge in [0.2, 0.25) is 0 Å². The van der Waals surface area contributed by atoms with Crippen molar-refractivity contribution in [2.45, 2.75) is 58.2 Å². The number of rotatable bonds is 1. The number of carbonyl (C=O) groups is 1. The minimum Gasteiger partial charge on any atom is -0.444 e. The van der Waals surface area contributed by atoms with Gasteiger partial charge in [-0.25, -0.2) is 4.79 Å². The molecule has 2 fully saturated rings. The summed E-state index contributed by atoms with van der Waals surface area (Å²) in [5.74, 6) is 0. The summed E-state index contributed by atoms with van der Waals surface area (Å²) in [5.41, 5.74) is -0.391. The molecule has 2 atom stereocenters. The molecule has 98 valence electrons. The average Bonchev–Trinajstić information content (AvgIpc) is 2.44. The van der Waals surface area contributed by atoms with Crippen molar-refractivity contribution >= 4 is 6.09 Å². The Bertz CT molecular complexity index is 284. The highest BCUT2D eigenvalue weighted by molar-refractivity contribution is 5.68. The maximum Gasteiger partial charge on any atom is 0.410 e. The van der Waals surface area contributed by atoms with E-state index in [1.54, 1.807) is 0 Å².